The third-order valence-corrected chi connectivity index (χ3v) is 7.37. The number of rotatable bonds is 5. The Labute approximate surface area is 166 Å². The van der Waals surface area contributed by atoms with E-state index < -0.39 is 0 Å². The Balaban J connectivity index is 1.43. The molecule has 4 rings (SSSR count). The number of nitrogens with zero attached hydrogens (tertiary/aromatic N) is 2. The van der Waals surface area contributed by atoms with Crippen LogP contribution in [0.5, 0.6) is 0 Å². The van der Waals surface area contributed by atoms with Gasteiger partial charge in [-0.05, 0) is 44.7 Å². The van der Waals surface area contributed by atoms with Crippen LogP contribution in [-0.4, -0.2) is 54.2 Å². The second kappa shape index (κ2) is 7.74. The van der Waals surface area contributed by atoms with Gasteiger partial charge >= 0.3 is 0 Å². The molecule has 1 spiro atoms. The van der Waals surface area contributed by atoms with E-state index in [-0.39, 0.29) is 16.1 Å². The Morgan fingerprint density at radius 1 is 1.30 bits per heavy atom. The second-order valence-corrected chi connectivity index (χ2v) is 9.79. The van der Waals surface area contributed by atoms with Crippen molar-refractivity contribution in [2.24, 2.45) is 10.4 Å². The molecule has 1 unspecified atom stereocenters. The number of guanidine groups is 1. The van der Waals surface area contributed by atoms with Gasteiger partial charge in [-0.3, -0.25) is 9.79 Å². The summed E-state index contributed by atoms with van der Waals surface area (Å²) in [6.07, 6.45) is 5.39. The van der Waals surface area contributed by atoms with Crippen LogP contribution in [0.1, 0.15) is 39.0 Å². The van der Waals surface area contributed by atoms with Crippen molar-refractivity contribution in [2.45, 2.75) is 48.7 Å². The van der Waals surface area contributed by atoms with Crippen molar-refractivity contribution in [3.05, 3.63) is 30.3 Å². The van der Waals surface area contributed by atoms with E-state index in [1.165, 1.54) is 17.7 Å². The van der Waals surface area contributed by atoms with E-state index in [0.29, 0.717) is 6.42 Å². The van der Waals surface area contributed by atoms with Crippen molar-refractivity contribution in [1.82, 2.24) is 15.5 Å². The maximum atomic E-state index is 11.8. The third kappa shape index (κ3) is 4.42. The van der Waals surface area contributed by atoms with Crippen LogP contribution >= 0.6 is 11.8 Å². The topological polar surface area (TPSA) is 56.7 Å². The quantitative estimate of drug-likeness (QED) is 0.604. The number of hydrogen-bond donors (Lipinski definition) is 2. The van der Waals surface area contributed by atoms with Crippen molar-refractivity contribution in [2.75, 3.05) is 32.7 Å². The number of benzene rings is 1. The molecule has 1 aliphatic carbocycles. The van der Waals surface area contributed by atoms with Gasteiger partial charge in [-0.15, -0.1) is 11.8 Å². The Morgan fingerprint density at radius 3 is 2.78 bits per heavy atom. The zero-order valence-corrected chi connectivity index (χ0v) is 17.0. The third-order valence-electron chi connectivity index (χ3n) is 5.89. The van der Waals surface area contributed by atoms with Crippen molar-refractivity contribution >= 4 is 23.6 Å². The number of likely N-dealkylation sites (tertiary alicyclic amines) is 1. The number of piperidine rings is 1. The van der Waals surface area contributed by atoms with Gasteiger partial charge in [0.25, 0.3) is 0 Å². The monoisotopic (exact) mass is 386 g/mol. The second-order valence-electron chi connectivity index (χ2n) is 8.25. The van der Waals surface area contributed by atoms with E-state index in [1.54, 1.807) is 0 Å². The maximum absolute atomic E-state index is 11.8. The van der Waals surface area contributed by atoms with Crippen LogP contribution in [0.2, 0.25) is 0 Å². The average Bonchev–Trinajstić information content (AvgIpc) is 3.35. The molecule has 2 aliphatic heterocycles. The molecule has 1 saturated carbocycles. The number of nitrogens with one attached hydrogen (secondary N) is 2. The summed E-state index contributed by atoms with van der Waals surface area (Å²) in [5, 5.41) is 6.53. The van der Waals surface area contributed by atoms with Crippen molar-refractivity contribution in [1.29, 1.82) is 0 Å². The lowest BCUT2D eigenvalue weighted by molar-refractivity contribution is -0.119. The summed E-state index contributed by atoms with van der Waals surface area (Å²) in [4.78, 5) is 20.5. The molecule has 2 heterocycles. The molecular formula is C21H30N4OS. The SMILES string of the molecule is CCNC(=NCC1(Sc2ccccc2)CC1)N1CCCC2(CNC(=O)C2)C1. The molecule has 3 aliphatic rings. The first-order valence-corrected chi connectivity index (χ1v) is 11.0. The molecule has 3 fully saturated rings. The lowest BCUT2D eigenvalue weighted by Crippen LogP contribution is -2.51. The Bertz CT molecular complexity index is 703. The van der Waals surface area contributed by atoms with Crippen molar-refractivity contribution in [3.8, 4) is 0 Å². The summed E-state index contributed by atoms with van der Waals surface area (Å²) in [5.41, 5.74) is 0.0988. The van der Waals surface area contributed by atoms with E-state index >= 15 is 0 Å². The summed E-state index contributed by atoms with van der Waals surface area (Å²) in [7, 11) is 0. The number of carbonyl (C=O) groups is 1. The van der Waals surface area contributed by atoms with Gasteiger partial charge in [0, 0.05) is 47.7 Å². The molecule has 0 radical (unpaired) electrons. The first-order valence-electron chi connectivity index (χ1n) is 10.2. The molecule has 1 atom stereocenters. The molecular weight excluding hydrogens is 356 g/mol. The van der Waals surface area contributed by atoms with Gasteiger partial charge in [0.15, 0.2) is 5.96 Å². The average molecular weight is 387 g/mol. The Hall–Kier alpha value is -1.69. The van der Waals surface area contributed by atoms with Gasteiger partial charge in [-0.25, -0.2) is 0 Å². The molecule has 0 aromatic heterocycles. The molecule has 0 bridgehead atoms. The van der Waals surface area contributed by atoms with E-state index in [2.05, 4.69) is 52.8 Å². The van der Waals surface area contributed by atoms with E-state index in [0.717, 1.165) is 51.5 Å². The fraction of sp³-hybridized carbons (Fsp3) is 0.619. The molecule has 5 nitrogen and oxygen atoms in total. The minimum Gasteiger partial charge on any atom is -0.357 e. The van der Waals surface area contributed by atoms with Crippen LogP contribution in [0, 0.1) is 5.41 Å². The Morgan fingerprint density at radius 2 is 2.11 bits per heavy atom. The standard InChI is InChI=1S/C21H30N4OS/c1-2-22-19(25-12-6-9-20(16-25)13-18(26)23-14-20)24-15-21(10-11-21)27-17-7-4-3-5-8-17/h3-5,7-8H,2,6,9-16H2,1H3,(H,22,24)(H,23,26). The molecule has 6 heteroatoms. The molecule has 2 N–H and O–H groups in total. The molecule has 1 aromatic rings. The predicted molar refractivity (Wildman–Crippen MR) is 111 cm³/mol. The van der Waals surface area contributed by atoms with Crippen LogP contribution in [0.3, 0.4) is 0 Å². The zero-order chi connectivity index (χ0) is 18.7. The highest BCUT2D eigenvalue weighted by atomic mass is 32.2. The minimum atomic E-state index is 0.0988. The van der Waals surface area contributed by atoms with Gasteiger partial charge in [0.2, 0.25) is 5.91 Å². The minimum absolute atomic E-state index is 0.0988. The van der Waals surface area contributed by atoms with Crippen LogP contribution in [0.25, 0.3) is 0 Å². The number of amides is 1. The van der Waals surface area contributed by atoms with Crippen LogP contribution in [0.4, 0.5) is 0 Å². The summed E-state index contributed by atoms with van der Waals surface area (Å²) in [6, 6.07) is 10.7. The number of hydrogen-bond acceptors (Lipinski definition) is 3. The van der Waals surface area contributed by atoms with Crippen LogP contribution in [0.15, 0.2) is 40.2 Å². The lowest BCUT2D eigenvalue weighted by Gasteiger charge is -2.41. The zero-order valence-electron chi connectivity index (χ0n) is 16.2. The summed E-state index contributed by atoms with van der Waals surface area (Å²) >= 11 is 1.97. The normalized spacial score (nSPS) is 26.9. The van der Waals surface area contributed by atoms with Crippen molar-refractivity contribution < 1.29 is 4.79 Å². The van der Waals surface area contributed by atoms with Gasteiger partial charge in [0.05, 0.1) is 6.54 Å². The maximum Gasteiger partial charge on any atom is 0.220 e. The molecule has 1 aromatic carbocycles. The molecule has 1 amide bonds. The fourth-order valence-corrected chi connectivity index (χ4v) is 5.47. The lowest BCUT2D eigenvalue weighted by atomic mass is 9.79. The fourth-order valence-electron chi connectivity index (χ4n) is 4.24. The van der Waals surface area contributed by atoms with Gasteiger partial charge in [0.1, 0.15) is 0 Å². The van der Waals surface area contributed by atoms with E-state index in [9.17, 15) is 4.79 Å². The summed E-state index contributed by atoms with van der Waals surface area (Å²) in [5.74, 6) is 1.23. The Kier molecular flexibility index (Phi) is 5.35. The largest absolute Gasteiger partial charge is 0.357 e. The highest BCUT2D eigenvalue weighted by molar-refractivity contribution is 8.01. The highest BCUT2D eigenvalue weighted by Gasteiger charge is 2.45. The summed E-state index contributed by atoms with van der Waals surface area (Å²) in [6.45, 7) is 6.63. The predicted octanol–water partition coefficient (Wildman–Crippen LogP) is 2.88. The first kappa shape index (κ1) is 18.7. The molecule has 2 saturated heterocycles. The van der Waals surface area contributed by atoms with E-state index in [1.807, 2.05) is 11.8 Å². The highest BCUT2D eigenvalue weighted by Crippen LogP contribution is 2.51. The van der Waals surface area contributed by atoms with Gasteiger partial charge in [-0.1, -0.05) is 18.2 Å². The molecule has 146 valence electrons. The van der Waals surface area contributed by atoms with E-state index in [4.69, 9.17) is 4.99 Å². The summed E-state index contributed by atoms with van der Waals surface area (Å²) < 4.78 is 0.264. The number of thioether (sulfide) groups is 1. The van der Waals surface area contributed by atoms with Crippen molar-refractivity contribution in [3.63, 3.8) is 0 Å². The number of aliphatic imine (C=N–C) groups is 1. The number of carbonyl (C=O) groups excluding carboxylic acids is 1. The smallest absolute Gasteiger partial charge is 0.220 e. The van der Waals surface area contributed by atoms with Gasteiger partial charge in [-0.2, -0.15) is 0 Å². The first-order chi connectivity index (χ1) is 13.1. The van der Waals surface area contributed by atoms with Gasteiger partial charge < -0.3 is 15.5 Å². The van der Waals surface area contributed by atoms with Crippen LogP contribution in [-0.2, 0) is 4.79 Å². The van der Waals surface area contributed by atoms with Crippen LogP contribution < -0.4 is 10.6 Å². The molecule has 27 heavy (non-hydrogen) atoms.